The minimum absolute atomic E-state index is 0.0303. The lowest BCUT2D eigenvalue weighted by Crippen LogP contribution is -2.09. The van der Waals surface area contributed by atoms with Gasteiger partial charge in [-0.3, -0.25) is 4.68 Å². The van der Waals surface area contributed by atoms with Crippen molar-refractivity contribution in [3.05, 3.63) is 47.8 Å². The fraction of sp³-hybridized carbons (Fsp3) is 0.471. The van der Waals surface area contributed by atoms with Gasteiger partial charge in [0.2, 0.25) is 0 Å². The van der Waals surface area contributed by atoms with E-state index in [1.165, 1.54) is 25.7 Å². The predicted octanol–water partition coefficient (Wildman–Crippen LogP) is 3.60. The molecular weight excluding hydrogens is 262 g/mol. The van der Waals surface area contributed by atoms with Crippen LogP contribution in [0, 0.1) is 0 Å². The van der Waals surface area contributed by atoms with Gasteiger partial charge in [-0.25, -0.2) is 0 Å². The number of hydrogen-bond donors (Lipinski definition) is 1. The minimum atomic E-state index is -0.0303. The van der Waals surface area contributed by atoms with Gasteiger partial charge in [0.1, 0.15) is 12.4 Å². The number of aromatic nitrogens is 2. The van der Waals surface area contributed by atoms with Crippen molar-refractivity contribution < 1.29 is 4.74 Å². The lowest BCUT2D eigenvalue weighted by atomic mass is 10.1. The molecule has 0 amide bonds. The van der Waals surface area contributed by atoms with Gasteiger partial charge in [0.15, 0.2) is 0 Å². The summed E-state index contributed by atoms with van der Waals surface area (Å²) in [6, 6.07) is 10.5. The Balaban J connectivity index is 1.65. The standard InChI is InChI=1S/C17H23N3O/c1-13(18)16-8-4-5-9-17(16)21-12-14-10-11-20(19-14)15-6-2-3-7-15/h4-5,8-11,13,15H,2-3,6-7,12,18H2,1H3. The van der Waals surface area contributed by atoms with Crippen LogP contribution in [0.4, 0.5) is 0 Å². The van der Waals surface area contributed by atoms with Crippen LogP contribution >= 0.6 is 0 Å². The quantitative estimate of drug-likeness (QED) is 0.913. The maximum Gasteiger partial charge on any atom is 0.132 e. The highest BCUT2D eigenvalue weighted by Crippen LogP contribution is 2.29. The molecule has 1 aromatic carbocycles. The van der Waals surface area contributed by atoms with Crippen LogP contribution in [-0.4, -0.2) is 9.78 Å². The van der Waals surface area contributed by atoms with E-state index in [0.29, 0.717) is 12.6 Å². The average Bonchev–Trinajstić information content (AvgIpc) is 3.16. The average molecular weight is 285 g/mol. The summed E-state index contributed by atoms with van der Waals surface area (Å²) < 4.78 is 8.00. The van der Waals surface area contributed by atoms with Crippen LogP contribution in [0.2, 0.25) is 0 Å². The molecule has 0 spiro atoms. The first-order valence-electron chi connectivity index (χ1n) is 7.75. The summed E-state index contributed by atoms with van der Waals surface area (Å²) in [5.41, 5.74) is 7.98. The van der Waals surface area contributed by atoms with Crippen molar-refractivity contribution in [3.63, 3.8) is 0 Å². The summed E-state index contributed by atoms with van der Waals surface area (Å²) in [5, 5.41) is 4.64. The Morgan fingerprint density at radius 1 is 1.29 bits per heavy atom. The largest absolute Gasteiger partial charge is 0.487 e. The van der Waals surface area contributed by atoms with Crippen molar-refractivity contribution in [1.82, 2.24) is 9.78 Å². The Hall–Kier alpha value is -1.81. The number of hydrogen-bond acceptors (Lipinski definition) is 3. The summed E-state index contributed by atoms with van der Waals surface area (Å²) in [4.78, 5) is 0. The minimum Gasteiger partial charge on any atom is -0.487 e. The summed E-state index contributed by atoms with van der Waals surface area (Å²) >= 11 is 0. The molecule has 4 nitrogen and oxygen atoms in total. The Labute approximate surface area is 125 Å². The highest BCUT2D eigenvalue weighted by atomic mass is 16.5. The number of rotatable bonds is 5. The molecule has 1 unspecified atom stereocenters. The van der Waals surface area contributed by atoms with E-state index in [4.69, 9.17) is 10.5 Å². The number of nitrogens with two attached hydrogens (primary N) is 1. The van der Waals surface area contributed by atoms with E-state index in [9.17, 15) is 0 Å². The lowest BCUT2D eigenvalue weighted by Gasteiger charge is -2.13. The zero-order valence-electron chi connectivity index (χ0n) is 12.5. The van der Waals surface area contributed by atoms with E-state index in [2.05, 4.69) is 16.0 Å². The third kappa shape index (κ3) is 3.27. The molecule has 21 heavy (non-hydrogen) atoms. The van der Waals surface area contributed by atoms with Crippen molar-refractivity contribution in [2.75, 3.05) is 0 Å². The normalized spacial score (nSPS) is 17.0. The predicted molar refractivity (Wildman–Crippen MR) is 83.1 cm³/mol. The maximum atomic E-state index is 5.97. The fourth-order valence-corrected chi connectivity index (χ4v) is 2.97. The molecule has 0 bridgehead atoms. The molecule has 0 aliphatic heterocycles. The van der Waals surface area contributed by atoms with Crippen molar-refractivity contribution >= 4 is 0 Å². The van der Waals surface area contributed by atoms with Crippen molar-refractivity contribution in [2.24, 2.45) is 5.73 Å². The van der Waals surface area contributed by atoms with Gasteiger partial charge >= 0.3 is 0 Å². The third-order valence-electron chi connectivity index (χ3n) is 4.15. The maximum absolute atomic E-state index is 5.97. The van der Waals surface area contributed by atoms with Crippen molar-refractivity contribution in [2.45, 2.75) is 51.3 Å². The Bertz CT molecular complexity index is 585. The van der Waals surface area contributed by atoms with Crippen LogP contribution in [0.5, 0.6) is 5.75 Å². The molecule has 1 aliphatic rings. The highest BCUT2D eigenvalue weighted by molar-refractivity contribution is 5.35. The number of ether oxygens (including phenoxy) is 1. The van der Waals surface area contributed by atoms with Crippen LogP contribution in [0.25, 0.3) is 0 Å². The molecule has 2 N–H and O–H groups in total. The second kappa shape index (κ2) is 6.31. The zero-order chi connectivity index (χ0) is 14.7. The number of nitrogens with zero attached hydrogens (tertiary/aromatic N) is 2. The van der Waals surface area contributed by atoms with E-state index in [-0.39, 0.29) is 6.04 Å². The van der Waals surface area contributed by atoms with Gasteiger partial charge in [-0.15, -0.1) is 0 Å². The van der Waals surface area contributed by atoms with Gasteiger partial charge in [0, 0.05) is 17.8 Å². The lowest BCUT2D eigenvalue weighted by molar-refractivity contribution is 0.293. The molecule has 1 saturated carbocycles. The van der Waals surface area contributed by atoms with Gasteiger partial charge in [0.25, 0.3) is 0 Å². The van der Waals surface area contributed by atoms with Gasteiger partial charge in [-0.2, -0.15) is 5.10 Å². The molecule has 2 aromatic rings. The van der Waals surface area contributed by atoms with E-state index >= 15 is 0 Å². The molecular formula is C17H23N3O. The van der Waals surface area contributed by atoms with Crippen molar-refractivity contribution in [3.8, 4) is 5.75 Å². The van der Waals surface area contributed by atoms with E-state index in [1.807, 2.05) is 37.3 Å². The topological polar surface area (TPSA) is 53.1 Å². The molecule has 0 saturated heterocycles. The van der Waals surface area contributed by atoms with Crippen LogP contribution in [0.15, 0.2) is 36.5 Å². The first-order chi connectivity index (χ1) is 10.2. The Kier molecular flexibility index (Phi) is 4.25. The zero-order valence-corrected chi connectivity index (χ0v) is 12.5. The summed E-state index contributed by atoms with van der Waals surface area (Å²) in [7, 11) is 0. The second-order valence-corrected chi connectivity index (χ2v) is 5.84. The smallest absolute Gasteiger partial charge is 0.132 e. The monoisotopic (exact) mass is 285 g/mol. The van der Waals surface area contributed by atoms with Crippen LogP contribution in [-0.2, 0) is 6.61 Å². The number of benzene rings is 1. The summed E-state index contributed by atoms with van der Waals surface area (Å²) in [6.07, 6.45) is 7.20. The molecule has 1 aromatic heterocycles. The second-order valence-electron chi connectivity index (χ2n) is 5.84. The molecule has 0 radical (unpaired) electrons. The molecule has 1 fully saturated rings. The molecule has 4 heteroatoms. The van der Waals surface area contributed by atoms with Crippen LogP contribution in [0.1, 0.15) is 55.9 Å². The van der Waals surface area contributed by atoms with Gasteiger partial charge in [-0.05, 0) is 31.9 Å². The molecule has 1 heterocycles. The van der Waals surface area contributed by atoms with Gasteiger partial charge in [0.05, 0.1) is 11.7 Å². The van der Waals surface area contributed by atoms with Crippen LogP contribution < -0.4 is 10.5 Å². The van der Waals surface area contributed by atoms with Crippen molar-refractivity contribution in [1.29, 1.82) is 0 Å². The SMILES string of the molecule is CC(N)c1ccccc1OCc1ccn(C2CCCC2)n1. The first-order valence-corrected chi connectivity index (χ1v) is 7.75. The Morgan fingerprint density at radius 2 is 2.05 bits per heavy atom. The Morgan fingerprint density at radius 3 is 2.81 bits per heavy atom. The third-order valence-corrected chi connectivity index (χ3v) is 4.15. The van der Waals surface area contributed by atoms with Gasteiger partial charge < -0.3 is 10.5 Å². The molecule has 1 aliphatic carbocycles. The molecule has 3 rings (SSSR count). The summed E-state index contributed by atoms with van der Waals surface area (Å²) in [5.74, 6) is 0.850. The highest BCUT2D eigenvalue weighted by Gasteiger charge is 2.17. The van der Waals surface area contributed by atoms with E-state index in [1.54, 1.807) is 0 Å². The van der Waals surface area contributed by atoms with E-state index in [0.717, 1.165) is 17.0 Å². The van der Waals surface area contributed by atoms with Crippen LogP contribution in [0.3, 0.4) is 0 Å². The molecule has 1 atom stereocenters. The summed E-state index contributed by atoms with van der Waals surface area (Å²) in [6.45, 7) is 2.46. The van der Waals surface area contributed by atoms with Gasteiger partial charge in [-0.1, -0.05) is 31.0 Å². The molecule has 112 valence electrons. The fourth-order valence-electron chi connectivity index (χ4n) is 2.97. The first kappa shape index (κ1) is 14.1. The van der Waals surface area contributed by atoms with E-state index < -0.39 is 0 Å². The number of para-hydroxylation sites is 1.